The van der Waals surface area contributed by atoms with Crippen LogP contribution in [0.4, 0.5) is 5.69 Å². The molecular weight excluding hydrogens is 601 g/mol. The van der Waals surface area contributed by atoms with Crippen LogP contribution in [0.15, 0.2) is 96.1 Å². The standard InChI is InChI=1S/C30H21Cl2N3O8/c1-18(41-25-14-11-24(12-15-25)35(39)40)28(36)34-33-17-21-6-13-26(42-29(37)19-2-7-22(31)8-3-19)16-27(21)43-30(38)20-4-9-23(32)10-5-20/h2-18H,1H3,(H,34,36)/b33-17-/t18-/m1/s1. The Morgan fingerprint density at radius 3 is 1.91 bits per heavy atom. The molecule has 0 heterocycles. The summed E-state index contributed by atoms with van der Waals surface area (Å²) in [5.74, 6) is -1.70. The number of hydrazone groups is 1. The van der Waals surface area contributed by atoms with Gasteiger partial charge in [0.15, 0.2) is 6.10 Å². The Labute approximate surface area is 254 Å². The maximum atomic E-state index is 12.8. The van der Waals surface area contributed by atoms with Crippen LogP contribution in [0.3, 0.4) is 0 Å². The first-order valence-corrected chi connectivity index (χ1v) is 13.2. The number of hydrogen-bond acceptors (Lipinski definition) is 9. The molecular formula is C30H21Cl2N3O8. The molecule has 0 radical (unpaired) electrons. The van der Waals surface area contributed by atoms with E-state index in [-0.39, 0.29) is 39.6 Å². The van der Waals surface area contributed by atoms with Crippen LogP contribution in [0.5, 0.6) is 17.2 Å². The number of nitrogens with one attached hydrogen (secondary N) is 1. The number of nitrogens with zero attached hydrogens (tertiary/aromatic N) is 2. The van der Waals surface area contributed by atoms with Gasteiger partial charge >= 0.3 is 11.9 Å². The normalized spacial score (nSPS) is 11.4. The summed E-state index contributed by atoms with van der Waals surface area (Å²) in [4.78, 5) is 48.2. The molecule has 43 heavy (non-hydrogen) atoms. The van der Waals surface area contributed by atoms with E-state index in [9.17, 15) is 24.5 Å². The van der Waals surface area contributed by atoms with Gasteiger partial charge in [0.1, 0.15) is 17.2 Å². The highest BCUT2D eigenvalue weighted by molar-refractivity contribution is 6.31. The topological polar surface area (TPSA) is 146 Å². The van der Waals surface area contributed by atoms with Crippen LogP contribution in [-0.4, -0.2) is 35.1 Å². The second-order valence-corrected chi connectivity index (χ2v) is 9.61. The highest BCUT2D eigenvalue weighted by Gasteiger charge is 2.17. The van der Waals surface area contributed by atoms with Gasteiger partial charge < -0.3 is 14.2 Å². The van der Waals surface area contributed by atoms with Crippen molar-refractivity contribution < 1.29 is 33.5 Å². The number of non-ortho nitro benzene ring substituents is 1. The fraction of sp³-hybridized carbons (Fsp3) is 0.0667. The Kier molecular flexibility index (Phi) is 10.0. The van der Waals surface area contributed by atoms with E-state index < -0.39 is 28.9 Å². The molecule has 13 heteroatoms. The highest BCUT2D eigenvalue weighted by atomic mass is 35.5. The van der Waals surface area contributed by atoms with E-state index in [4.69, 9.17) is 37.4 Å². The van der Waals surface area contributed by atoms with Gasteiger partial charge in [-0.1, -0.05) is 23.2 Å². The number of hydrogen-bond donors (Lipinski definition) is 1. The third-order valence-corrected chi connectivity index (χ3v) is 6.17. The number of benzene rings is 4. The number of amides is 1. The maximum absolute atomic E-state index is 12.8. The van der Waals surface area contributed by atoms with Crippen molar-refractivity contribution in [2.45, 2.75) is 13.0 Å². The minimum absolute atomic E-state index is 0.0190. The zero-order chi connectivity index (χ0) is 30.9. The van der Waals surface area contributed by atoms with Gasteiger partial charge in [-0.25, -0.2) is 15.0 Å². The number of rotatable bonds is 10. The van der Waals surface area contributed by atoms with Crippen molar-refractivity contribution in [1.29, 1.82) is 0 Å². The van der Waals surface area contributed by atoms with Crippen molar-refractivity contribution in [3.05, 3.63) is 128 Å². The lowest BCUT2D eigenvalue weighted by atomic mass is 10.2. The Bertz CT molecular complexity index is 1680. The van der Waals surface area contributed by atoms with Crippen LogP contribution in [0.25, 0.3) is 0 Å². The average Bonchev–Trinajstić information content (AvgIpc) is 2.99. The molecule has 0 spiro atoms. The maximum Gasteiger partial charge on any atom is 0.343 e. The third-order valence-electron chi connectivity index (χ3n) is 5.67. The molecule has 0 aliphatic carbocycles. The molecule has 0 aliphatic rings. The van der Waals surface area contributed by atoms with Gasteiger partial charge in [0.2, 0.25) is 0 Å². The van der Waals surface area contributed by atoms with Gasteiger partial charge in [0.25, 0.3) is 11.6 Å². The molecule has 4 aromatic carbocycles. The molecule has 0 saturated carbocycles. The van der Waals surface area contributed by atoms with Crippen molar-refractivity contribution >= 4 is 52.9 Å². The van der Waals surface area contributed by atoms with Gasteiger partial charge in [-0.2, -0.15) is 5.10 Å². The minimum Gasteiger partial charge on any atom is -0.481 e. The number of nitro benzene ring substituents is 1. The largest absolute Gasteiger partial charge is 0.481 e. The fourth-order valence-electron chi connectivity index (χ4n) is 3.43. The first-order chi connectivity index (χ1) is 20.6. The number of esters is 2. The first kappa shape index (κ1) is 30.7. The predicted octanol–water partition coefficient (Wildman–Crippen LogP) is 6.26. The van der Waals surface area contributed by atoms with Crippen LogP contribution in [0, 0.1) is 10.1 Å². The molecule has 218 valence electrons. The molecule has 0 aromatic heterocycles. The third kappa shape index (κ3) is 8.62. The van der Waals surface area contributed by atoms with Gasteiger partial charge in [-0.15, -0.1) is 0 Å². The van der Waals surface area contributed by atoms with E-state index in [1.54, 1.807) is 12.1 Å². The summed E-state index contributed by atoms with van der Waals surface area (Å²) in [6.45, 7) is 1.47. The summed E-state index contributed by atoms with van der Waals surface area (Å²) < 4.78 is 16.5. The number of nitro groups is 1. The van der Waals surface area contributed by atoms with Crippen LogP contribution < -0.4 is 19.6 Å². The Morgan fingerprint density at radius 1 is 0.814 bits per heavy atom. The molecule has 11 nitrogen and oxygen atoms in total. The second kappa shape index (κ2) is 14.1. The smallest absolute Gasteiger partial charge is 0.343 e. The summed E-state index contributed by atoms with van der Waals surface area (Å²) in [6, 6.07) is 21.6. The predicted molar refractivity (Wildman–Crippen MR) is 158 cm³/mol. The quantitative estimate of drug-likeness (QED) is 0.0717. The molecule has 0 fully saturated rings. The average molecular weight is 622 g/mol. The van der Waals surface area contributed by atoms with Gasteiger partial charge in [-0.3, -0.25) is 14.9 Å². The van der Waals surface area contributed by atoms with Crippen molar-refractivity contribution in [2.24, 2.45) is 5.10 Å². The number of carbonyl (C=O) groups excluding carboxylic acids is 3. The lowest BCUT2D eigenvalue weighted by molar-refractivity contribution is -0.384. The van der Waals surface area contributed by atoms with E-state index >= 15 is 0 Å². The Morgan fingerprint density at radius 2 is 1.35 bits per heavy atom. The number of carbonyl (C=O) groups is 3. The van der Waals surface area contributed by atoms with Crippen LogP contribution in [-0.2, 0) is 4.79 Å². The van der Waals surface area contributed by atoms with E-state index in [1.807, 2.05) is 0 Å². The highest BCUT2D eigenvalue weighted by Crippen LogP contribution is 2.26. The van der Waals surface area contributed by atoms with Crippen molar-refractivity contribution in [2.75, 3.05) is 0 Å². The molecule has 4 aromatic rings. The molecule has 0 aliphatic heterocycles. The SMILES string of the molecule is C[C@@H](Oc1ccc([N+](=O)[O-])cc1)C(=O)N/N=C\c1ccc(OC(=O)c2ccc(Cl)cc2)cc1OC(=O)c1ccc(Cl)cc1. The van der Waals surface area contributed by atoms with Gasteiger partial charge in [-0.05, 0) is 79.7 Å². The second-order valence-electron chi connectivity index (χ2n) is 8.74. The van der Waals surface area contributed by atoms with E-state index in [0.717, 1.165) is 0 Å². The van der Waals surface area contributed by atoms with Crippen molar-refractivity contribution in [3.8, 4) is 17.2 Å². The molecule has 0 unspecified atom stereocenters. The molecule has 4 rings (SSSR count). The lowest BCUT2D eigenvalue weighted by Gasteiger charge is -2.13. The van der Waals surface area contributed by atoms with Gasteiger partial charge in [0.05, 0.1) is 22.3 Å². The molecule has 0 bridgehead atoms. The zero-order valence-corrected chi connectivity index (χ0v) is 23.7. The van der Waals surface area contributed by atoms with E-state index in [1.165, 1.54) is 92.0 Å². The Hall–Kier alpha value is -5.26. The van der Waals surface area contributed by atoms with E-state index in [0.29, 0.717) is 10.0 Å². The first-order valence-electron chi connectivity index (χ1n) is 12.4. The zero-order valence-electron chi connectivity index (χ0n) is 22.2. The molecule has 1 amide bonds. The summed E-state index contributed by atoms with van der Waals surface area (Å²) in [7, 11) is 0. The summed E-state index contributed by atoms with van der Waals surface area (Å²) in [5.41, 5.74) is 2.92. The van der Waals surface area contributed by atoms with Crippen molar-refractivity contribution in [3.63, 3.8) is 0 Å². The summed E-state index contributed by atoms with van der Waals surface area (Å²) >= 11 is 11.8. The van der Waals surface area contributed by atoms with E-state index in [2.05, 4.69) is 10.5 Å². The monoisotopic (exact) mass is 621 g/mol. The lowest BCUT2D eigenvalue weighted by Crippen LogP contribution is -2.33. The number of ether oxygens (including phenoxy) is 3. The van der Waals surface area contributed by atoms with Crippen LogP contribution in [0.2, 0.25) is 10.0 Å². The Balaban J connectivity index is 1.49. The molecule has 1 N–H and O–H groups in total. The van der Waals surface area contributed by atoms with Crippen LogP contribution in [0.1, 0.15) is 33.2 Å². The van der Waals surface area contributed by atoms with Gasteiger partial charge in [0, 0.05) is 33.8 Å². The fourth-order valence-corrected chi connectivity index (χ4v) is 3.68. The number of halogens is 2. The molecule has 0 saturated heterocycles. The van der Waals surface area contributed by atoms with Crippen LogP contribution >= 0.6 is 23.2 Å². The van der Waals surface area contributed by atoms with Crippen molar-refractivity contribution in [1.82, 2.24) is 5.43 Å². The summed E-state index contributed by atoms with van der Waals surface area (Å²) in [5, 5.41) is 15.6. The minimum atomic E-state index is -1.00. The summed E-state index contributed by atoms with van der Waals surface area (Å²) in [6.07, 6.45) is 0.224. The molecule has 1 atom stereocenters.